The number of hydrogen-bond acceptors (Lipinski definition) is 5. The number of carbonyl (C=O) groups is 2. The van der Waals surface area contributed by atoms with Gasteiger partial charge in [-0.2, -0.15) is 0 Å². The highest BCUT2D eigenvalue weighted by molar-refractivity contribution is 5.98. The molecule has 6 heteroatoms. The van der Waals surface area contributed by atoms with Gasteiger partial charge in [-0.05, 0) is 38.5 Å². The topological polar surface area (TPSA) is 59.1 Å². The normalized spacial score (nSPS) is 18.3. The lowest BCUT2D eigenvalue weighted by Crippen LogP contribution is -2.56. The molecule has 0 bridgehead atoms. The SMILES string of the molecule is CC[C@H]1CN(C(=O)c2cc(OC)cc(C(=O)OC)c2)CCN1C(C)C. The Morgan fingerprint density at radius 3 is 2.40 bits per heavy atom. The van der Waals surface area contributed by atoms with Crippen LogP contribution in [-0.2, 0) is 4.74 Å². The van der Waals surface area contributed by atoms with Crippen LogP contribution >= 0.6 is 0 Å². The van der Waals surface area contributed by atoms with Crippen molar-refractivity contribution < 1.29 is 19.1 Å². The molecule has 0 unspecified atom stereocenters. The lowest BCUT2D eigenvalue weighted by atomic mass is 10.0. The van der Waals surface area contributed by atoms with E-state index < -0.39 is 5.97 Å². The second-order valence-corrected chi connectivity index (χ2v) is 6.59. The quantitative estimate of drug-likeness (QED) is 0.765. The standard InChI is InChI=1S/C19H28N2O4/c1-6-16-12-20(7-8-21(16)13(2)3)18(22)14-9-15(19(23)25-5)11-17(10-14)24-4/h9-11,13,16H,6-8,12H2,1-5H3/t16-/m0/s1. The van der Waals surface area contributed by atoms with E-state index in [1.165, 1.54) is 14.2 Å². The van der Waals surface area contributed by atoms with Crippen LogP contribution in [0, 0.1) is 0 Å². The van der Waals surface area contributed by atoms with Crippen LogP contribution in [0.4, 0.5) is 0 Å². The molecule has 1 atom stereocenters. The maximum atomic E-state index is 13.0. The fourth-order valence-corrected chi connectivity index (χ4v) is 3.36. The molecule has 1 aliphatic heterocycles. The minimum Gasteiger partial charge on any atom is -0.497 e. The number of piperazine rings is 1. The molecule has 1 aromatic carbocycles. The Bertz CT molecular complexity index is 630. The van der Waals surface area contributed by atoms with Crippen LogP contribution < -0.4 is 4.74 Å². The Balaban J connectivity index is 2.24. The minimum absolute atomic E-state index is 0.0779. The lowest BCUT2D eigenvalue weighted by Gasteiger charge is -2.43. The van der Waals surface area contributed by atoms with Gasteiger partial charge in [-0.1, -0.05) is 6.92 Å². The van der Waals surface area contributed by atoms with Crippen molar-refractivity contribution >= 4 is 11.9 Å². The van der Waals surface area contributed by atoms with Gasteiger partial charge in [0, 0.05) is 37.3 Å². The van der Waals surface area contributed by atoms with Gasteiger partial charge in [-0.3, -0.25) is 9.69 Å². The predicted octanol–water partition coefficient (Wildman–Crippen LogP) is 2.43. The Kier molecular flexibility index (Phi) is 6.42. The average Bonchev–Trinajstić information content (AvgIpc) is 2.65. The highest BCUT2D eigenvalue weighted by atomic mass is 16.5. The zero-order valence-corrected chi connectivity index (χ0v) is 15.7. The summed E-state index contributed by atoms with van der Waals surface area (Å²) in [6, 6.07) is 5.64. The van der Waals surface area contributed by atoms with Crippen molar-refractivity contribution in [2.24, 2.45) is 0 Å². The molecule has 1 heterocycles. The average molecular weight is 348 g/mol. The summed E-state index contributed by atoms with van der Waals surface area (Å²) in [6.45, 7) is 8.75. The highest BCUT2D eigenvalue weighted by Crippen LogP contribution is 2.22. The third-order valence-electron chi connectivity index (χ3n) is 4.76. The summed E-state index contributed by atoms with van der Waals surface area (Å²) < 4.78 is 10.00. The smallest absolute Gasteiger partial charge is 0.338 e. The van der Waals surface area contributed by atoms with E-state index in [1.54, 1.807) is 18.2 Å². The molecule has 0 radical (unpaired) electrons. The number of rotatable bonds is 5. The monoisotopic (exact) mass is 348 g/mol. The van der Waals surface area contributed by atoms with Crippen molar-refractivity contribution in [2.45, 2.75) is 39.3 Å². The minimum atomic E-state index is -0.482. The van der Waals surface area contributed by atoms with Gasteiger partial charge >= 0.3 is 5.97 Å². The summed E-state index contributed by atoms with van der Waals surface area (Å²) in [5, 5.41) is 0. The van der Waals surface area contributed by atoms with E-state index in [9.17, 15) is 9.59 Å². The number of amides is 1. The summed E-state index contributed by atoms with van der Waals surface area (Å²) in [5.41, 5.74) is 0.769. The van der Waals surface area contributed by atoms with Gasteiger partial charge in [0.05, 0.1) is 19.8 Å². The zero-order valence-electron chi connectivity index (χ0n) is 15.7. The van der Waals surface area contributed by atoms with Gasteiger partial charge in [-0.15, -0.1) is 0 Å². The largest absolute Gasteiger partial charge is 0.497 e. The molecule has 0 aliphatic carbocycles. The van der Waals surface area contributed by atoms with Crippen molar-refractivity contribution in [3.05, 3.63) is 29.3 Å². The Morgan fingerprint density at radius 1 is 1.16 bits per heavy atom. The van der Waals surface area contributed by atoms with Gasteiger partial charge in [0.15, 0.2) is 0 Å². The van der Waals surface area contributed by atoms with Gasteiger partial charge in [0.2, 0.25) is 0 Å². The van der Waals surface area contributed by atoms with Gasteiger partial charge in [-0.25, -0.2) is 4.79 Å². The van der Waals surface area contributed by atoms with Crippen LogP contribution in [0.2, 0.25) is 0 Å². The van der Waals surface area contributed by atoms with Crippen LogP contribution in [-0.4, -0.2) is 67.6 Å². The first-order chi connectivity index (χ1) is 11.9. The van der Waals surface area contributed by atoms with Gasteiger partial charge in [0.25, 0.3) is 5.91 Å². The summed E-state index contributed by atoms with van der Waals surface area (Å²) >= 11 is 0. The number of hydrogen-bond donors (Lipinski definition) is 0. The van der Waals surface area contributed by atoms with Crippen LogP contribution in [0.25, 0.3) is 0 Å². The van der Waals surface area contributed by atoms with E-state index in [1.807, 2.05) is 4.90 Å². The van der Waals surface area contributed by atoms with Crippen molar-refractivity contribution in [2.75, 3.05) is 33.9 Å². The number of carbonyl (C=O) groups excluding carboxylic acids is 2. The molecule has 0 aromatic heterocycles. The first-order valence-corrected chi connectivity index (χ1v) is 8.73. The number of esters is 1. The van der Waals surface area contributed by atoms with Crippen LogP contribution in [0.1, 0.15) is 47.9 Å². The molecule has 0 N–H and O–H groups in total. The third-order valence-corrected chi connectivity index (χ3v) is 4.76. The first-order valence-electron chi connectivity index (χ1n) is 8.73. The van der Waals surface area contributed by atoms with Crippen molar-refractivity contribution in [1.82, 2.24) is 9.80 Å². The van der Waals surface area contributed by atoms with Crippen molar-refractivity contribution in [3.8, 4) is 5.75 Å². The second kappa shape index (κ2) is 8.34. The molecule has 25 heavy (non-hydrogen) atoms. The number of benzene rings is 1. The van der Waals surface area contributed by atoms with E-state index >= 15 is 0 Å². The summed E-state index contributed by atoms with van der Waals surface area (Å²) in [6.07, 6.45) is 0.994. The van der Waals surface area contributed by atoms with E-state index in [4.69, 9.17) is 9.47 Å². The molecule has 2 rings (SSSR count). The Morgan fingerprint density at radius 2 is 1.84 bits per heavy atom. The van der Waals surface area contributed by atoms with Crippen LogP contribution in [0.3, 0.4) is 0 Å². The Labute approximate surface area is 149 Å². The fraction of sp³-hybridized carbons (Fsp3) is 0.579. The first kappa shape index (κ1) is 19.2. The molecular weight excluding hydrogens is 320 g/mol. The number of methoxy groups -OCH3 is 2. The van der Waals surface area contributed by atoms with E-state index in [0.29, 0.717) is 42.0 Å². The summed E-state index contributed by atoms with van der Waals surface area (Å²) in [7, 11) is 2.83. The molecule has 138 valence electrons. The fourth-order valence-electron chi connectivity index (χ4n) is 3.36. The maximum absolute atomic E-state index is 13.0. The molecule has 0 spiro atoms. The number of ether oxygens (including phenoxy) is 2. The number of nitrogens with zero attached hydrogens (tertiary/aromatic N) is 2. The van der Waals surface area contributed by atoms with Crippen molar-refractivity contribution in [3.63, 3.8) is 0 Å². The van der Waals surface area contributed by atoms with Crippen LogP contribution in [0.5, 0.6) is 5.75 Å². The van der Waals surface area contributed by atoms with Gasteiger partial charge in [0.1, 0.15) is 5.75 Å². The predicted molar refractivity (Wildman–Crippen MR) is 96.2 cm³/mol. The highest BCUT2D eigenvalue weighted by Gasteiger charge is 2.30. The molecule has 1 aliphatic rings. The van der Waals surface area contributed by atoms with E-state index in [0.717, 1.165) is 13.0 Å². The molecule has 1 saturated heterocycles. The van der Waals surface area contributed by atoms with E-state index in [-0.39, 0.29) is 5.91 Å². The molecule has 0 saturated carbocycles. The summed E-state index contributed by atoms with van der Waals surface area (Å²) in [5.74, 6) is -0.0889. The van der Waals surface area contributed by atoms with Crippen molar-refractivity contribution in [1.29, 1.82) is 0 Å². The molecular formula is C19H28N2O4. The van der Waals surface area contributed by atoms with Gasteiger partial charge < -0.3 is 14.4 Å². The summed E-state index contributed by atoms with van der Waals surface area (Å²) in [4.78, 5) is 29.1. The Hall–Kier alpha value is -2.08. The third kappa shape index (κ3) is 4.31. The zero-order chi connectivity index (χ0) is 18.6. The molecule has 6 nitrogen and oxygen atoms in total. The molecule has 1 amide bonds. The van der Waals surface area contributed by atoms with E-state index in [2.05, 4.69) is 25.7 Å². The molecule has 1 aromatic rings. The second-order valence-electron chi connectivity index (χ2n) is 6.59. The van der Waals surface area contributed by atoms with Crippen LogP contribution in [0.15, 0.2) is 18.2 Å². The lowest BCUT2D eigenvalue weighted by molar-refractivity contribution is 0.0371. The molecule has 1 fully saturated rings. The maximum Gasteiger partial charge on any atom is 0.338 e.